The molecule has 0 heterocycles. The number of diazo groups is 1. The molecule has 0 saturated heterocycles. The van der Waals surface area contributed by atoms with Crippen LogP contribution in [-0.4, -0.2) is 45.3 Å². The Bertz CT molecular complexity index is 513. The maximum atomic E-state index is 9.55. The van der Waals surface area contributed by atoms with E-state index < -0.39 is 12.0 Å². The Morgan fingerprint density at radius 1 is 1.22 bits per heavy atom. The number of para-hydroxylation sites is 1. The molecule has 0 bridgehead atoms. The highest BCUT2D eigenvalue weighted by Crippen LogP contribution is 2.17. The molecule has 1 aromatic rings. The fraction of sp³-hybridized carbons (Fsp3) is 0.500. The van der Waals surface area contributed by atoms with Gasteiger partial charge in [-0.15, -0.1) is 0 Å². The number of aliphatic hydroxyl groups excluding tert-OH is 1. The standard InChI is InChI=1S/C16H22N2O5/c1-20-9-6-10-22-14(11-15(18-17)16(19)21-2)12-23-13-7-4-3-5-8-13/h3-5,7-8,14H,6,9-12H2,1-2H3/p+1/b16-15+. The fourth-order valence-corrected chi connectivity index (χ4v) is 1.83. The molecule has 1 unspecified atom stereocenters. The molecule has 0 spiro atoms. The van der Waals surface area contributed by atoms with E-state index in [2.05, 4.69) is 9.71 Å². The maximum Gasteiger partial charge on any atom is 0.443 e. The van der Waals surface area contributed by atoms with Crippen LogP contribution in [-0.2, 0) is 14.2 Å². The molecule has 0 aromatic heterocycles. The number of rotatable bonds is 11. The summed E-state index contributed by atoms with van der Waals surface area (Å²) < 4.78 is 21.0. The van der Waals surface area contributed by atoms with E-state index in [0.29, 0.717) is 19.0 Å². The Balaban J connectivity index is 2.62. The molecule has 7 nitrogen and oxygen atoms in total. The molecule has 0 aliphatic rings. The van der Waals surface area contributed by atoms with Gasteiger partial charge in [0.1, 0.15) is 18.5 Å². The molecule has 0 radical (unpaired) electrons. The summed E-state index contributed by atoms with van der Waals surface area (Å²) in [5.74, 6) is 0.262. The summed E-state index contributed by atoms with van der Waals surface area (Å²) >= 11 is 0. The number of hydrogen-bond acceptors (Lipinski definition) is 6. The van der Waals surface area contributed by atoms with Crippen LogP contribution >= 0.6 is 0 Å². The first-order valence-corrected chi connectivity index (χ1v) is 7.30. The fourth-order valence-electron chi connectivity index (χ4n) is 1.83. The number of hydrogen-bond donors (Lipinski definition) is 1. The summed E-state index contributed by atoms with van der Waals surface area (Å²) in [6, 6.07) is 9.31. The molecule has 1 rings (SSSR count). The van der Waals surface area contributed by atoms with E-state index in [-0.39, 0.29) is 18.7 Å². The van der Waals surface area contributed by atoms with E-state index in [9.17, 15) is 5.11 Å². The Hall–Kier alpha value is -2.30. The Kier molecular flexibility index (Phi) is 9.20. The van der Waals surface area contributed by atoms with Gasteiger partial charge >= 0.3 is 11.6 Å². The van der Waals surface area contributed by atoms with E-state index in [1.165, 1.54) is 7.11 Å². The van der Waals surface area contributed by atoms with Crippen LogP contribution in [0, 0.1) is 5.39 Å². The van der Waals surface area contributed by atoms with Crippen LogP contribution < -0.4 is 4.74 Å². The monoisotopic (exact) mass is 323 g/mol. The second-order valence-corrected chi connectivity index (χ2v) is 4.72. The Morgan fingerprint density at radius 2 is 1.96 bits per heavy atom. The van der Waals surface area contributed by atoms with Crippen molar-refractivity contribution in [1.29, 1.82) is 5.39 Å². The van der Waals surface area contributed by atoms with E-state index in [1.807, 2.05) is 30.3 Å². The van der Waals surface area contributed by atoms with Crippen LogP contribution in [0.5, 0.6) is 5.75 Å². The largest absolute Gasteiger partial charge is 0.491 e. The molecule has 1 aromatic carbocycles. The minimum atomic E-state index is -0.447. The third-order valence-corrected chi connectivity index (χ3v) is 3.01. The second kappa shape index (κ2) is 11.3. The minimum Gasteiger partial charge on any atom is -0.491 e. The number of nitrogens with zero attached hydrogens (tertiary/aromatic N) is 2. The molecule has 0 saturated carbocycles. The van der Waals surface area contributed by atoms with E-state index >= 15 is 0 Å². The summed E-state index contributed by atoms with van der Waals surface area (Å²) in [5.41, 5.74) is 0.000836. The summed E-state index contributed by atoms with van der Waals surface area (Å²) in [7, 11) is 2.91. The van der Waals surface area contributed by atoms with Gasteiger partial charge < -0.3 is 24.1 Å². The van der Waals surface area contributed by atoms with Gasteiger partial charge in [0, 0.05) is 20.3 Å². The molecule has 0 fully saturated rings. The van der Waals surface area contributed by atoms with E-state index in [1.54, 1.807) is 7.11 Å². The lowest BCUT2D eigenvalue weighted by Crippen LogP contribution is -2.23. The van der Waals surface area contributed by atoms with Crippen molar-refractivity contribution >= 4 is 0 Å². The molecular weight excluding hydrogens is 300 g/mol. The van der Waals surface area contributed by atoms with Gasteiger partial charge in [-0.1, -0.05) is 18.2 Å². The highest BCUT2D eigenvalue weighted by atomic mass is 16.6. The number of benzene rings is 1. The van der Waals surface area contributed by atoms with Crippen LogP contribution in [0.2, 0.25) is 0 Å². The van der Waals surface area contributed by atoms with Crippen molar-refractivity contribution in [2.75, 3.05) is 34.0 Å². The number of ether oxygens (including phenoxy) is 4. The average Bonchev–Trinajstić information content (AvgIpc) is 2.60. The van der Waals surface area contributed by atoms with Crippen molar-refractivity contribution in [2.45, 2.75) is 18.9 Å². The highest BCUT2D eigenvalue weighted by molar-refractivity contribution is 5.21. The Morgan fingerprint density at radius 3 is 2.57 bits per heavy atom. The first-order valence-electron chi connectivity index (χ1n) is 7.30. The van der Waals surface area contributed by atoms with Crippen molar-refractivity contribution in [3.63, 3.8) is 0 Å². The molecule has 0 aliphatic carbocycles. The molecule has 0 aliphatic heterocycles. The van der Waals surface area contributed by atoms with Crippen molar-refractivity contribution in [3.05, 3.63) is 47.0 Å². The predicted octanol–water partition coefficient (Wildman–Crippen LogP) is 3.10. The van der Waals surface area contributed by atoms with Gasteiger partial charge in [-0.25, -0.2) is 0 Å². The summed E-state index contributed by atoms with van der Waals surface area (Å²) in [6.07, 6.45) is 0.468. The Labute approximate surface area is 136 Å². The van der Waals surface area contributed by atoms with E-state index in [0.717, 1.165) is 6.42 Å². The third kappa shape index (κ3) is 7.49. The van der Waals surface area contributed by atoms with Gasteiger partial charge in [0.15, 0.2) is 4.98 Å². The van der Waals surface area contributed by atoms with Crippen molar-refractivity contribution in [3.8, 4) is 5.75 Å². The predicted molar refractivity (Wildman–Crippen MR) is 84.5 cm³/mol. The zero-order valence-electron chi connectivity index (χ0n) is 13.5. The third-order valence-electron chi connectivity index (χ3n) is 3.01. The lowest BCUT2D eigenvalue weighted by atomic mass is 10.2. The van der Waals surface area contributed by atoms with Crippen LogP contribution in [0.4, 0.5) is 0 Å². The van der Waals surface area contributed by atoms with Crippen LogP contribution in [0.25, 0.3) is 4.98 Å². The van der Waals surface area contributed by atoms with Crippen LogP contribution in [0.15, 0.2) is 42.0 Å². The highest BCUT2D eigenvalue weighted by Gasteiger charge is 2.26. The number of aliphatic hydroxyl groups is 1. The molecule has 126 valence electrons. The van der Waals surface area contributed by atoms with Gasteiger partial charge in [0.25, 0.3) is 0 Å². The first kappa shape index (κ1) is 18.7. The van der Waals surface area contributed by atoms with Crippen LogP contribution in [0.3, 0.4) is 0 Å². The summed E-state index contributed by atoms with van der Waals surface area (Å²) in [5, 5.41) is 18.5. The van der Waals surface area contributed by atoms with Gasteiger partial charge in [-0.2, -0.15) is 0 Å². The lowest BCUT2D eigenvalue weighted by Gasteiger charge is -2.16. The van der Waals surface area contributed by atoms with Crippen molar-refractivity contribution in [1.82, 2.24) is 0 Å². The molecule has 0 amide bonds. The normalized spacial score (nSPS) is 12.9. The number of methoxy groups -OCH3 is 2. The summed E-state index contributed by atoms with van der Waals surface area (Å²) in [6.45, 7) is 1.29. The smallest absolute Gasteiger partial charge is 0.443 e. The zero-order chi connectivity index (χ0) is 16.9. The van der Waals surface area contributed by atoms with Crippen molar-refractivity contribution in [2.24, 2.45) is 0 Å². The minimum absolute atomic E-state index is 0.000836. The van der Waals surface area contributed by atoms with Gasteiger partial charge in [0.05, 0.1) is 13.5 Å². The van der Waals surface area contributed by atoms with E-state index in [4.69, 9.17) is 19.6 Å². The molecule has 23 heavy (non-hydrogen) atoms. The molecule has 1 N–H and O–H groups in total. The van der Waals surface area contributed by atoms with Gasteiger partial charge in [0.2, 0.25) is 5.39 Å². The molecule has 7 heteroatoms. The van der Waals surface area contributed by atoms with Gasteiger partial charge in [-0.3, -0.25) is 0 Å². The average molecular weight is 323 g/mol. The maximum absolute atomic E-state index is 9.55. The molecule has 1 atom stereocenters. The second-order valence-electron chi connectivity index (χ2n) is 4.72. The SMILES string of the molecule is COCCCOC(COc1ccccc1)C/C([N+]#N)=C(/O)OC. The zero-order valence-corrected chi connectivity index (χ0v) is 13.5. The lowest BCUT2D eigenvalue weighted by molar-refractivity contribution is 0.0101. The first-order chi connectivity index (χ1) is 11.2. The summed E-state index contributed by atoms with van der Waals surface area (Å²) in [4.78, 5) is 3.04. The van der Waals surface area contributed by atoms with Gasteiger partial charge in [-0.05, 0) is 18.6 Å². The topological polar surface area (TPSA) is 85.3 Å². The quantitative estimate of drug-likeness (QED) is 0.382. The molecular formula is C16H23N2O5+. The van der Waals surface area contributed by atoms with Crippen LogP contribution in [0.1, 0.15) is 12.8 Å². The van der Waals surface area contributed by atoms with Crippen molar-refractivity contribution < 1.29 is 24.1 Å².